The Bertz CT molecular complexity index is 450. The molecule has 1 amide bonds. The molecule has 3 nitrogen and oxygen atoms in total. The maximum absolute atomic E-state index is 12.3. The molecule has 0 spiro atoms. The van der Waals surface area contributed by atoms with Gasteiger partial charge in [0.05, 0.1) is 0 Å². The van der Waals surface area contributed by atoms with E-state index in [0.29, 0.717) is 12.0 Å². The third-order valence-electron chi connectivity index (χ3n) is 4.66. The Morgan fingerprint density at radius 3 is 2.75 bits per heavy atom. The maximum atomic E-state index is 12.3. The van der Waals surface area contributed by atoms with Crippen molar-refractivity contribution in [3.05, 3.63) is 35.4 Å². The summed E-state index contributed by atoms with van der Waals surface area (Å²) >= 11 is 0. The van der Waals surface area contributed by atoms with E-state index in [2.05, 4.69) is 12.2 Å². The average molecular weight is 274 g/mol. The minimum Gasteiger partial charge on any atom is -0.351 e. The fraction of sp³-hybridized carbons (Fsp3) is 0.588. The molecule has 1 aromatic carbocycles. The van der Waals surface area contributed by atoms with E-state index in [1.807, 2.05) is 24.3 Å². The highest BCUT2D eigenvalue weighted by atomic mass is 16.1. The molecule has 0 saturated heterocycles. The lowest BCUT2D eigenvalue weighted by atomic mass is 9.83. The number of rotatable bonds is 6. The number of carbonyl (C=O) groups is 1. The highest BCUT2D eigenvalue weighted by molar-refractivity contribution is 5.94. The Morgan fingerprint density at radius 2 is 2.10 bits per heavy atom. The summed E-state index contributed by atoms with van der Waals surface area (Å²) in [7, 11) is 0. The molecule has 3 heteroatoms. The summed E-state index contributed by atoms with van der Waals surface area (Å²) in [6.45, 7) is 3.66. The van der Waals surface area contributed by atoms with Gasteiger partial charge in [-0.25, -0.2) is 0 Å². The zero-order valence-electron chi connectivity index (χ0n) is 12.5. The zero-order chi connectivity index (χ0) is 14.4. The van der Waals surface area contributed by atoms with Gasteiger partial charge in [-0.15, -0.1) is 0 Å². The van der Waals surface area contributed by atoms with Crippen molar-refractivity contribution >= 4 is 5.91 Å². The average Bonchev–Trinajstić information content (AvgIpc) is 2.95. The standard InChI is InChI=1S/C17H26N2O/c1-2-17(9-3-4-10-17)13-19-16(20)15-7-5-6-14(12-15)8-11-18/h5-7,12H,2-4,8-11,13,18H2,1H3,(H,19,20). The van der Waals surface area contributed by atoms with E-state index in [9.17, 15) is 4.79 Å². The Labute approximate surface area is 121 Å². The molecule has 0 bridgehead atoms. The van der Waals surface area contributed by atoms with Gasteiger partial charge < -0.3 is 11.1 Å². The van der Waals surface area contributed by atoms with Crippen LogP contribution in [0.3, 0.4) is 0 Å². The van der Waals surface area contributed by atoms with Gasteiger partial charge in [0.15, 0.2) is 0 Å². The van der Waals surface area contributed by atoms with E-state index in [1.165, 1.54) is 25.7 Å². The van der Waals surface area contributed by atoms with Gasteiger partial charge in [-0.2, -0.15) is 0 Å². The quantitative estimate of drug-likeness (QED) is 0.838. The number of hydrogen-bond donors (Lipinski definition) is 2. The molecular weight excluding hydrogens is 248 g/mol. The van der Waals surface area contributed by atoms with Crippen molar-refractivity contribution in [1.82, 2.24) is 5.32 Å². The van der Waals surface area contributed by atoms with Gasteiger partial charge in [-0.1, -0.05) is 31.9 Å². The number of carbonyl (C=O) groups excluding carboxylic acids is 1. The molecule has 0 heterocycles. The molecule has 0 atom stereocenters. The van der Waals surface area contributed by atoms with Gasteiger partial charge in [0.2, 0.25) is 0 Å². The predicted octanol–water partition coefficient (Wildman–Crippen LogP) is 2.89. The number of nitrogens with one attached hydrogen (secondary N) is 1. The van der Waals surface area contributed by atoms with Gasteiger partial charge >= 0.3 is 0 Å². The van der Waals surface area contributed by atoms with Gasteiger partial charge in [-0.3, -0.25) is 4.79 Å². The van der Waals surface area contributed by atoms with Crippen LogP contribution in [0.25, 0.3) is 0 Å². The van der Waals surface area contributed by atoms with E-state index in [-0.39, 0.29) is 5.91 Å². The third kappa shape index (κ3) is 3.60. The van der Waals surface area contributed by atoms with E-state index < -0.39 is 0 Å². The first-order valence-corrected chi connectivity index (χ1v) is 7.76. The Hall–Kier alpha value is -1.35. The van der Waals surface area contributed by atoms with Crippen LogP contribution in [-0.2, 0) is 6.42 Å². The minimum atomic E-state index is 0.0450. The number of nitrogens with two attached hydrogens (primary N) is 1. The van der Waals surface area contributed by atoms with Crippen molar-refractivity contribution in [3.63, 3.8) is 0 Å². The van der Waals surface area contributed by atoms with Gasteiger partial charge in [0.1, 0.15) is 0 Å². The number of hydrogen-bond acceptors (Lipinski definition) is 2. The molecule has 1 fully saturated rings. The molecule has 0 radical (unpaired) electrons. The first-order valence-electron chi connectivity index (χ1n) is 7.76. The fourth-order valence-electron chi connectivity index (χ4n) is 3.18. The Morgan fingerprint density at radius 1 is 1.35 bits per heavy atom. The lowest BCUT2D eigenvalue weighted by molar-refractivity contribution is 0.0928. The van der Waals surface area contributed by atoms with Crippen LogP contribution in [-0.4, -0.2) is 19.0 Å². The van der Waals surface area contributed by atoms with Crippen LogP contribution < -0.4 is 11.1 Å². The van der Waals surface area contributed by atoms with Crippen molar-refractivity contribution in [2.45, 2.75) is 45.4 Å². The van der Waals surface area contributed by atoms with E-state index in [0.717, 1.165) is 30.5 Å². The van der Waals surface area contributed by atoms with Crippen molar-refractivity contribution < 1.29 is 4.79 Å². The van der Waals surface area contributed by atoms with E-state index >= 15 is 0 Å². The molecule has 110 valence electrons. The number of amides is 1. The van der Waals surface area contributed by atoms with Crippen LogP contribution in [0.1, 0.15) is 54.9 Å². The molecule has 1 aliphatic carbocycles. The van der Waals surface area contributed by atoms with E-state index in [4.69, 9.17) is 5.73 Å². The number of benzene rings is 1. The van der Waals surface area contributed by atoms with E-state index in [1.54, 1.807) is 0 Å². The fourth-order valence-corrected chi connectivity index (χ4v) is 3.18. The lowest BCUT2D eigenvalue weighted by Gasteiger charge is -2.27. The first kappa shape index (κ1) is 15.0. The SMILES string of the molecule is CCC1(CNC(=O)c2cccc(CCN)c2)CCCC1. The lowest BCUT2D eigenvalue weighted by Crippen LogP contribution is -2.35. The predicted molar refractivity (Wildman–Crippen MR) is 82.7 cm³/mol. The van der Waals surface area contributed by atoms with Crippen molar-refractivity contribution in [3.8, 4) is 0 Å². The molecule has 0 aromatic heterocycles. The van der Waals surface area contributed by atoms with Crippen molar-refractivity contribution in [2.75, 3.05) is 13.1 Å². The van der Waals surface area contributed by atoms with Crippen LogP contribution >= 0.6 is 0 Å². The molecule has 3 N–H and O–H groups in total. The molecular formula is C17H26N2O. The van der Waals surface area contributed by atoms with Crippen LogP contribution in [0.15, 0.2) is 24.3 Å². The highest BCUT2D eigenvalue weighted by Gasteiger charge is 2.32. The molecule has 0 unspecified atom stereocenters. The van der Waals surface area contributed by atoms with Crippen molar-refractivity contribution in [2.24, 2.45) is 11.1 Å². The largest absolute Gasteiger partial charge is 0.351 e. The summed E-state index contributed by atoms with van der Waals surface area (Å²) in [4.78, 5) is 12.3. The maximum Gasteiger partial charge on any atom is 0.251 e. The molecule has 1 aromatic rings. The summed E-state index contributed by atoms with van der Waals surface area (Å²) in [6, 6.07) is 7.79. The minimum absolute atomic E-state index is 0.0450. The normalized spacial score (nSPS) is 17.1. The summed E-state index contributed by atoms with van der Waals surface area (Å²) < 4.78 is 0. The Kier molecular flexibility index (Phi) is 5.18. The summed E-state index contributed by atoms with van der Waals surface area (Å²) in [5, 5.41) is 3.13. The third-order valence-corrected chi connectivity index (χ3v) is 4.66. The van der Waals surface area contributed by atoms with Gasteiger partial charge in [-0.05, 0) is 55.3 Å². The highest BCUT2D eigenvalue weighted by Crippen LogP contribution is 2.40. The second kappa shape index (κ2) is 6.89. The topological polar surface area (TPSA) is 55.1 Å². The van der Waals surface area contributed by atoms with Crippen LogP contribution in [0.2, 0.25) is 0 Å². The summed E-state index contributed by atoms with van der Waals surface area (Å²) in [5.74, 6) is 0.0450. The molecule has 0 aliphatic heterocycles. The van der Waals surface area contributed by atoms with Crippen LogP contribution in [0, 0.1) is 5.41 Å². The smallest absolute Gasteiger partial charge is 0.251 e. The monoisotopic (exact) mass is 274 g/mol. The van der Waals surface area contributed by atoms with Crippen LogP contribution in [0.4, 0.5) is 0 Å². The molecule has 20 heavy (non-hydrogen) atoms. The zero-order valence-corrected chi connectivity index (χ0v) is 12.5. The van der Waals surface area contributed by atoms with Crippen LogP contribution in [0.5, 0.6) is 0 Å². The molecule has 1 saturated carbocycles. The molecule has 2 rings (SSSR count). The van der Waals surface area contributed by atoms with Gasteiger partial charge in [0.25, 0.3) is 5.91 Å². The first-order chi connectivity index (χ1) is 9.69. The second-order valence-electron chi connectivity index (χ2n) is 5.98. The summed E-state index contributed by atoms with van der Waals surface area (Å²) in [6.07, 6.45) is 7.07. The second-order valence-corrected chi connectivity index (χ2v) is 5.98. The van der Waals surface area contributed by atoms with Crippen molar-refractivity contribution in [1.29, 1.82) is 0 Å². The summed E-state index contributed by atoms with van der Waals surface area (Å²) in [5.41, 5.74) is 7.78. The Balaban J connectivity index is 1.96. The molecule has 1 aliphatic rings. The van der Waals surface area contributed by atoms with Gasteiger partial charge in [0, 0.05) is 12.1 Å².